The molecule has 0 bridgehead atoms. The second kappa shape index (κ2) is 10.1. The zero-order chi connectivity index (χ0) is 20.6. The third kappa shape index (κ3) is 6.32. The van der Waals surface area contributed by atoms with Crippen molar-refractivity contribution in [3.8, 4) is 5.75 Å². The highest BCUT2D eigenvalue weighted by Gasteiger charge is 2.28. The van der Waals surface area contributed by atoms with Gasteiger partial charge in [0.05, 0.1) is 6.54 Å². The number of carbonyl (C=O) groups excluding carboxylic acids is 2. The average molecular weight is 396 g/mol. The lowest BCUT2D eigenvalue weighted by Crippen LogP contribution is -2.40. The zero-order valence-electron chi connectivity index (χ0n) is 16.6. The first kappa shape index (κ1) is 20.9. The molecule has 0 radical (unpaired) electrons. The van der Waals surface area contributed by atoms with Gasteiger partial charge in [0.15, 0.2) is 0 Å². The molecule has 6 nitrogen and oxygen atoms in total. The van der Waals surface area contributed by atoms with E-state index in [1.165, 1.54) is 4.90 Å². The SMILES string of the molecule is NC(=O)CN(Cc1ccc(OCc2ccccc2)cc1)C(=O)C[C@@H]1CCC[C@H]1N. The van der Waals surface area contributed by atoms with Gasteiger partial charge in [-0.1, -0.05) is 48.9 Å². The maximum Gasteiger partial charge on any atom is 0.237 e. The summed E-state index contributed by atoms with van der Waals surface area (Å²) in [5.74, 6) is 0.349. The molecule has 0 heterocycles. The van der Waals surface area contributed by atoms with Gasteiger partial charge in [0.2, 0.25) is 11.8 Å². The van der Waals surface area contributed by atoms with Crippen LogP contribution in [-0.2, 0) is 22.7 Å². The van der Waals surface area contributed by atoms with Gasteiger partial charge in [-0.15, -0.1) is 0 Å². The molecule has 154 valence electrons. The van der Waals surface area contributed by atoms with E-state index in [4.69, 9.17) is 16.2 Å². The van der Waals surface area contributed by atoms with Crippen LogP contribution in [-0.4, -0.2) is 29.3 Å². The number of hydrogen-bond donors (Lipinski definition) is 2. The lowest BCUT2D eigenvalue weighted by molar-refractivity contribution is -0.136. The number of hydrogen-bond acceptors (Lipinski definition) is 4. The van der Waals surface area contributed by atoms with E-state index < -0.39 is 5.91 Å². The van der Waals surface area contributed by atoms with Crippen molar-refractivity contribution in [2.75, 3.05) is 6.54 Å². The summed E-state index contributed by atoms with van der Waals surface area (Å²) in [6, 6.07) is 17.6. The van der Waals surface area contributed by atoms with Crippen LogP contribution in [0.2, 0.25) is 0 Å². The number of ether oxygens (including phenoxy) is 1. The quantitative estimate of drug-likeness (QED) is 0.682. The average Bonchev–Trinajstić information content (AvgIpc) is 3.12. The summed E-state index contributed by atoms with van der Waals surface area (Å²) < 4.78 is 5.80. The fourth-order valence-corrected chi connectivity index (χ4v) is 3.75. The van der Waals surface area contributed by atoms with Crippen molar-refractivity contribution in [3.05, 3.63) is 65.7 Å². The maximum atomic E-state index is 12.7. The third-order valence-electron chi connectivity index (χ3n) is 5.40. The number of amides is 2. The molecule has 1 aliphatic carbocycles. The first-order chi connectivity index (χ1) is 14.0. The van der Waals surface area contributed by atoms with Crippen LogP contribution in [0.5, 0.6) is 5.75 Å². The Morgan fingerprint density at radius 2 is 1.72 bits per heavy atom. The Hall–Kier alpha value is -2.86. The summed E-state index contributed by atoms with van der Waals surface area (Å²) in [7, 11) is 0. The predicted molar refractivity (Wildman–Crippen MR) is 112 cm³/mol. The van der Waals surface area contributed by atoms with Crippen LogP contribution in [0, 0.1) is 5.92 Å². The smallest absolute Gasteiger partial charge is 0.237 e. The Kier molecular flexibility index (Phi) is 7.25. The van der Waals surface area contributed by atoms with Crippen LogP contribution in [0.1, 0.15) is 36.8 Å². The molecule has 1 saturated carbocycles. The molecule has 1 fully saturated rings. The number of nitrogens with zero attached hydrogens (tertiary/aromatic N) is 1. The zero-order valence-corrected chi connectivity index (χ0v) is 16.6. The molecule has 0 saturated heterocycles. The van der Waals surface area contributed by atoms with Crippen LogP contribution in [0.3, 0.4) is 0 Å². The van der Waals surface area contributed by atoms with Gasteiger partial charge in [0.1, 0.15) is 12.4 Å². The van der Waals surface area contributed by atoms with Crippen molar-refractivity contribution < 1.29 is 14.3 Å². The summed E-state index contributed by atoms with van der Waals surface area (Å²) in [6.07, 6.45) is 3.34. The van der Waals surface area contributed by atoms with Crippen molar-refractivity contribution in [3.63, 3.8) is 0 Å². The summed E-state index contributed by atoms with van der Waals surface area (Å²) in [5.41, 5.74) is 13.5. The van der Waals surface area contributed by atoms with Gasteiger partial charge >= 0.3 is 0 Å². The molecule has 2 aromatic carbocycles. The Morgan fingerprint density at radius 3 is 2.34 bits per heavy atom. The van der Waals surface area contributed by atoms with Crippen molar-refractivity contribution in [2.45, 2.75) is 44.9 Å². The number of primary amides is 1. The molecular weight excluding hydrogens is 366 g/mol. The Bertz CT molecular complexity index is 808. The molecule has 1 aliphatic rings. The van der Waals surface area contributed by atoms with Crippen LogP contribution in [0.25, 0.3) is 0 Å². The van der Waals surface area contributed by atoms with Gasteiger partial charge in [-0.05, 0) is 42.0 Å². The van der Waals surface area contributed by atoms with Gasteiger partial charge in [-0.25, -0.2) is 0 Å². The Balaban J connectivity index is 1.58. The molecule has 0 aliphatic heterocycles. The second-order valence-corrected chi connectivity index (χ2v) is 7.69. The van der Waals surface area contributed by atoms with E-state index in [-0.39, 0.29) is 24.4 Å². The van der Waals surface area contributed by atoms with Crippen LogP contribution < -0.4 is 16.2 Å². The Morgan fingerprint density at radius 1 is 1.00 bits per heavy atom. The minimum absolute atomic E-state index is 0.0652. The number of nitrogens with two attached hydrogens (primary N) is 2. The van der Waals surface area contributed by atoms with Crippen LogP contribution in [0.4, 0.5) is 0 Å². The largest absolute Gasteiger partial charge is 0.489 e. The molecule has 6 heteroatoms. The van der Waals surface area contributed by atoms with Crippen LogP contribution in [0.15, 0.2) is 54.6 Å². The minimum Gasteiger partial charge on any atom is -0.489 e. The molecule has 3 rings (SSSR count). The van der Waals surface area contributed by atoms with Crippen LogP contribution >= 0.6 is 0 Å². The van der Waals surface area contributed by atoms with E-state index in [0.717, 1.165) is 36.1 Å². The standard InChI is InChI=1S/C23H29N3O3/c24-21-8-4-7-19(21)13-23(28)26(15-22(25)27)14-17-9-11-20(12-10-17)29-16-18-5-2-1-3-6-18/h1-3,5-6,9-12,19,21H,4,7-8,13-16,24H2,(H2,25,27)/t19-,21+/m0/s1. The van der Waals surface area contributed by atoms with E-state index in [1.54, 1.807) is 0 Å². The first-order valence-corrected chi connectivity index (χ1v) is 10.1. The van der Waals surface area contributed by atoms with Crippen molar-refractivity contribution in [2.24, 2.45) is 17.4 Å². The molecular formula is C23H29N3O3. The van der Waals surface area contributed by atoms with Crippen molar-refractivity contribution >= 4 is 11.8 Å². The highest BCUT2D eigenvalue weighted by molar-refractivity contribution is 5.84. The third-order valence-corrected chi connectivity index (χ3v) is 5.40. The molecule has 0 unspecified atom stereocenters. The van der Waals surface area contributed by atoms with Gasteiger partial charge in [0.25, 0.3) is 0 Å². The van der Waals surface area contributed by atoms with E-state index in [1.807, 2.05) is 54.6 Å². The van der Waals surface area contributed by atoms with E-state index in [0.29, 0.717) is 19.6 Å². The molecule has 2 amide bonds. The molecule has 4 N–H and O–H groups in total. The minimum atomic E-state index is -0.517. The van der Waals surface area contributed by atoms with Crippen molar-refractivity contribution in [1.29, 1.82) is 0 Å². The first-order valence-electron chi connectivity index (χ1n) is 10.1. The van der Waals surface area contributed by atoms with E-state index in [2.05, 4.69) is 0 Å². The number of rotatable bonds is 9. The molecule has 0 aromatic heterocycles. The molecule has 2 aromatic rings. The van der Waals surface area contributed by atoms with E-state index >= 15 is 0 Å². The second-order valence-electron chi connectivity index (χ2n) is 7.69. The fourth-order valence-electron chi connectivity index (χ4n) is 3.75. The normalized spacial score (nSPS) is 18.4. The summed E-state index contributed by atoms with van der Waals surface area (Å²) in [5, 5.41) is 0. The Labute approximate surface area is 171 Å². The van der Waals surface area contributed by atoms with Crippen molar-refractivity contribution in [1.82, 2.24) is 4.90 Å². The van der Waals surface area contributed by atoms with Gasteiger partial charge in [-0.2, -0.15) is 0 Å². The monoisotopic (exact) mass is 395 g/mol. The number of carbonyl (C=O) groups is 2. The molecule has 0 spiro atoms. The fraction of sp³-hybridized carbons (Fsp3) is 0.391. The summed E-state index contributed by atoms with van der Waals surface area (Å²) in [6.45, 7) is 0.740. The highest BCUT2D eigenvalue weighted by Crippen LogP contribution is 2.27. The van der Waals surface area contributed by atoms with E-state index in [9.17, 15) is 9.59 Å². The lowest BCUT2D eigenvalue weighted by atomic mass is 9.99. The predicted octanol–water partition coefficient (Wildman–Crippen LogP) is 2.60. The van der Waals surface area contributed by atoms with Gasteiger partial charge in [-0.3, -0.25) is 9.59 Å². The highest BCUT2D eigenvalue weighted by atomic mass is 16.5. The topological polar surface area (TPSA) is 98.6 Å². The molecule has 29 heavy (non-hydrogen) atoms. The van der Waals surface area contributed by atoms with Gasteiger partial charge < -0.3 is 21.1 Å². The maximum absolute atomic E-state index is 12.7. The lowest BCUT2D eigenvalue weighted by Gasteiger charge is -2.24. The summed E-state index contributed by atoms with van der Waals surface area (Å²) >= 11 is 0. The molecule has 2 atom stereocenters. The van der Waals surface area contributed by atoms with Gasteiger partial charge in [0, 0.05) is 19.0 Å². The summed E-state index contributed by atoms with van der Waals surface area (Å²) in [4.78, 5) is 25.7. The number of benzene rings is 2.